The Balaban J connectivity index is 2.28. The summed E-state index contributed by atoms with van der Waals surface area (Å²) in [5.74, 6) is -1.02. The monoisotopic (exact) mass is 331 g/mol. The first-order valence-electron chi connectivity index (χ1n) is 6.89. The van der Waals surface area contributed by atoms with Gasteiger partial charge in [0.25, 0.3) is 10.0 Å². The fourth-order valence-corrected chi connectivity index (χ4v) is 2.98. The zero-order valence-electron chi connectivity index (χ0n) is 12.8. The number of aryl methyl sites for hydroxylation is 1. The van der Waals surface area contributed by atoms with Crippen molar-refractivity contribution >= 4 is 27.8 Å². The van der Waals surface area contributed by atoms with Gasteiger partial charge in [-0.25, -0.2) is 13.2 Å². The van der Waals surface area contributed by atoms with Gasteiger partial charge in [-0.3, -0.25) is 4.72 Å². The van der Waals surface area contributed by atoms with Crippen molar-refractivity contribution < 1.29 is 18.3 Å². The van der Waals surface area contributed by atoms with Crippen LogP contribution in [0.15, 0.2) is 59.0 Å². The molecule has 6 heteroatoms. The van der Waals surface area contributed by atoms with E-state index in [1.807, 2.05) is 6.92 Å². The van der Waals surface area contributed by atoms with Gasteiger partial charge in [0, 0.05) is 11.3 Å². The molecule has 0 heterocycles. The number of aliphatic carboxylic acids is 1. The highest BCUT2D eigenvalue weighted by molar-refractivity contribution is 7.92. The molecule has 0 aliphatic carbocycles. The number of carbonyl (C=O) groups is 1. The minimum atomic E-state index is -3.68. The van der Waals surface area contributed by atoms with E-state index in [-0.39, 0.29) is 10.5 Å². The number of nitrogens with one attached hydrogen (secondary N) is 1. The smallest absolute Gasteiger partial charge is 0.331 e. The molecule has 0 saturated carbocycles. The van der Waals surface area contributed by atoms with Crippen molar-refractivity contribution in [1.82, 2.24) is 0 Å². The zero-order chi connectivity index (χ0) is 17.0. The van der Waals surface area contributed by atoms with E-state index in [4.69, 9.17) is 5.11 Å². The van der Waals surface area contributed by atoms with Crippen LogP contribution >= 0.6 is 0 Å². The lowest BCUT2D eigenvalue weighted by Gasteiger charge is -2.09. The van der Waals surface area contributed by atoms with Crippen LogP contribution < -0.4 is 4.72 Å². The third kappa shape index (κ3) is 4.43. The first-order chi connectivity index (χ1) is 10.8. The predicted octanol–water partition coefficient (Wildman–Crippen LogP) is 3.28. The summed E-state index contributed by atoms with van der Waals surface area (Å²) in [4.78, 5) is 11.0. The summed E-state index contributed by atoms with van der Waals surface area (Å²) in [5.41, 5.74) is 2.12. The average molecular weight is 331 g/mol. The maximum atomic E-state index is 12.3. The zero-order valence-corrected chi connectivity index (χ0v) is 13.6. The van der Waals surface area contributed by atoms with Crippen LogP contribution in [0.5, 0.6) is 0 Å². The van der Waals surface area contributed by atoms with Crippen LogP contribution in [0.25, 0.3) is 6.08 Å². The average Bonchev–Trinajstić information content (AvgIpc) is 2.47. The Labute approximate surface area is 135 Å². The second kappa shape index (κ2) is 6.66. The molecule has 2 aromatic rings. The van der Waals surface area contributed by atoms with E-state index in [9.17, 15) is 13.2 Å². The third-order valence-corrected chi connectivity index (χ3v) is 4.59. The molecule has 0 radical (unpaired) electrons. The van der Waals surface area contributed by atoms with Crippen molar-refractivity contribution in [2.24, 2.45) is 0 Å². The number of rotatable bonds is 5. The van der Waals surface area contributed by atoms with E-state index in [2.05, 4.69) is 4.72 Å². The molecule has 0 saturated heterocycles. The highest BCUT2D eigenvalue weighted by Gasteiger charge is 2.13. The van der Waals surface area contributed by atoms with Crippen molar-refractivity contribution in [2.75, 3.05) is 4.72 Å². The van der Waals surface area contributed by atoms with Gasteiger partial charge in [-0.1, -0.05) is 29.8 Å². The van der Waals surface area contributed by atoms with Crippen molar-refractivity contribution in [1.29, 1.82) is 0 Å². The predicted molar refractivity (Wildman–Crippen MR) is 89.7 cm³/mol. The van der Waals surface area contributed by atoms with E-state index in [1.165, 1.54) is 25.1 Å². The second-order valence-corrected chi connectivity index (χ2v) is 6.86. The van der Waals surface area contributed by atoms with Gasteiger partial charge < -0.3 is 5.11 Å². The number of carboxylic acid groups (broad SMARTS) is 1. The summed E-state index contributed by atoms with van der Waals surface area (Å²) in [6.45, 7) is 3.36. The van der Waals surface area contributed by atoms with Crippen molar-refractivity contribution in [3.8, 4) is 0 Å². The third-order valence-electron chi connectivity index (χ3n) is 3.19. The van der Waals surface area contributed by atoms with Crippen LogP contribution in [0.3, 0.4) is 0 Å². The van der Waals surface area contributed by atoms with Gasteiger partial charge in [0.15, 0.2) is 0 Å². The van der Waals surface area contributed by atoms with E-state index in [0.29, 0.717) is 11.3 Å². The van der Waals surface area contributed by atoms with Gasteiger partial charge in [-0.2, -0.15) is 0 Å². The van der Waals surface area contributed by atoms with Crippen LogP contribution in [0.4, 0.5) is 5.69 Å². The molecule has 5 nitrogen and oxygen atoms in total. The number of hydrogen-bond donors (Lipinski definition) is 2. The molecule has 0 aliphatic heterocycles. The lowest BCUT2D eigenvalue weighted by molar-refractivity contribution is -0.132. The van der Waals surface area contributed by atoms with Gasteiger partial charge in [-0.15, -0.1) is 0 Å². The fourth-order valence-electron chi connectivity index (χ4n) is 1.94. The SMILES string of the molecule is C/C(=C\c1cccc(NS(=O)(=O)c2ccc(C)cc2)c1)C(=O)O. The topological polar surface area (TPSA) is 83.5 Å². The summed E-state index contributed by atoms with van der Waals surface area (Å²) in [5, 5.41) is 8.89. The van der Waals surface area contributed by atoms with Gasteiger partial charge >= 0.3 is 5.97 Å². The quantitative estimate of drug-likeness (QED) is 0.824. The van der Waals surface area contributed by atoms with Crippen LogP contribution in [-0.4, -0.2) is 19.5 Å². The summed E-state index contributed by atoms with van der Waals surface area (Å²) in [6, 6.07) is 13.1. The van der Waals surface area contributed by atoms with Crippen LogP contribution in [0.1, 0.15) is 18.1 Å². The molecule has 23 heavy (non-hydrogen) atoms. The molecule has 0 atom stereocenters. The van der Waals surface area contributed by atoms with E-state index >= 15 is 0 Å². The summed E-state index contributed by atoms with van der Waals surface area (Å²) >= 11 is 0. The maximum Gasteiger partial charge on any atom is 0.331 e. The normalized spacial score (nSPS) is 12.0. The minimum absolute atomic E-state index is 0.170. The standard InChI is InChI=1S/C17H17NO4S/c1-12-6-8-16(9-7-12)23(21,22)18-15-5-3-4-14(11-15)10-13(2)17(19)20/h3-11,18H,1-2H3,(H,19,20)/b13-10+. The Morgan fingerprint density at radius 1 is 1.13 bits per heavy atom. The Hall–Kier alpha value is -2.60. The summed E-state index contributed by atoms with van der Waals surface area (Å²) in [7, 11) is -3.68. The molecular weight excluding hydrogens is 314 g/mol. The largest absolute Gasteiger partial charge is 0.478 e. The second-order valence-electron chi connectivity index (χ2n) is 5.18. The number of benzene rings is 2. The Morgan fingerprint density at radius 2 is 1.78 bits per heavy atom. The number of hydrogen-bond acceptors (Lipinski definition) is 3. The van der Waals surface area contributed by atoms with E-state index < -0.39 is 16.0 Å². The number of carboxylic acids is 1. The van der Waals surface area contributed by atoms with Crippen molar-refractivity contribution in [2.45, 2.75) is 18.7 Å². The molecule has 0 bridgehead atoms. The molecule has 0 aromatic heterocycles. The highest BCUT2D eigenvalue weighted by Crippen LogP contribution is 2.19. The van der Waals surface area contributed by atoms with Gasteiger partial charge in [0.05, 0.1) is 4.90 Å². The Kier molecular flexibility index (Phi) is 4.86. The van der Waals surface area contributed by atoms with Crippen LogP contribution in [0.2, 0.25) is 0 Å². The first-order valence-corrected chi connectivity index (χ1v) is 8.37. The van der Waals surface area contributed by atoms with E-state index in [1.54, 1.807) is 36.4 Å². The van der Waals surface area contributed by atoms with E-state index in [0.717, 1.165) is 5.56 Å². The van der Waals surface area contributed by atoms with Crippen LogP contribution in [0, 0.1) is 6.92 Å². The lowest BCUT2D eigenvalue weighted by Crippen LogP contribution is -2.12. The Bertz CT molecular complexity index is 852. The lowest BCUT2D eigenvalue weighted by atomic mass is 10.1. The highest BCUT2D eigenvalue weighted by atomic mass is 32.2. The molecule has 0 amide bonds. The van der Waals surface area contributed by atoms with Gasteiger partial charge in [-0.05, 0) is 49.8 Å². The maximum absolute atomic E-state index is 12.3. The van der Waals surface area contributed by atoms with Gasteiger partial charge in [0.1, 0.15) is 0 Å². The molecule has 120 valence electrons. The van der Waals surface area contributed by atoms with Crippen molar-refractivity contribution in [3.05, 3.63) is 65.2 Å². The number of sulfonamides is 1. The molecule has 2 rings (SSSR count). The van der Waals surface area contributed by atoms with Crippen molar-refractivity contribution in [3.63, 3.8) is 0 Å². The molecule has 0 spiro atoms. The molecule has 2 N–H and O–H groups in total. The molecular formula is C17H17NO4S. The molecule has 0 fully saturated rings. The molecule has 0 aliphatic rings. The minimum Gasteiger partial charge on any atom is -0.478 e. The number of anilines is 1. The van der Waals surface area contributed by atoms with Crippen LogP contribution in [-0.2, 0) is 14.8 Å². The summed E-state index contributed by atoms with van der Waals surface area (Å²) < 4.78 is 27.2. The van der Waals surface area contributed by atoms with Gasteiger partial charge in [0.2, 0.25) is 0 Å². The Morgan fingerprint density at radius 3 is 2.39 bits per heavy atom. The molecule has 2 aromatic carbocycles. The molecule has 0 unspecified atom stereocenters. The first kappa shape index (κ1) is 16.8. The fraction of sp³-hybridized carbons (Fsp3) is 0.118. The summed E-state index contributed by atoms with van der Waals surface area (Å²) in [6.07, 6.45) is 1.48.